The van der Waals surface area contributed by atoms with E-state index < -0.39 is 15.6 Å². The van der Waals surface area contributed by atoms with Crippen molar-refractivity contribution in [3.63, 3.8) is 0 Å². The fourth-order valence-electron chi connectivity index (χ4n) is 1.02. The maximum atomic E-state index is 12.0. The van der Waals surface area contributed by atoms with E-state index in [2.05, 4.69) is 36.6 Å². The lowest BCUT2D eigenvalue weighted by molar-refractivity contribution is 0.510. The van der Waals surface area contributed by atoms with Crippen molar-refractivity contribution in [2.45, 2.75) is 23.6 Å². The average Bonchev–Trinajstić information content (AvgIpc) is 2.65. The summed E-state index contributed by atoms with van der Waals surface area (Å²) in [5.41, 5.74) is -0.517. The van der Waals surface area contributed by atoms with Crippen LogP contribution >= 0.6 is 43.2 Å². The predicted octanol–water partition coefficient (Wildman–Crippen LogP) is 2.88. The van der Waals surface area contributed by atoms with E-state index in [0.29, 0.717) is 14.9 Å². The van der Waals surface area contributed by atoms with E-state index in [1.807, 2.05) is 13.8 Å². The molecule has 0 fully saturated rings. The Labute approximate surface area is 117 Å². The van der Waals surface area contributed by atoms with Crippen LogP contribution in [0.4, 0.5) is 0 Å². The van der Waals surface area contributed by atoms with Gasteiger partial charge in [-0.05, 0) is 26.0 Å². The molecule has 0 saturated carbocycles. The maximum absolute atomic E-state index is 12.0. The Bertz CT molecular complexity index is 452. The standard InChI is InChI=1S/C9H13Br2NO2S2/c1-7-3-4-8(15-7)16(13,14)12-9(2,5-10)6-11/h3-4,12H,5-6H2,1-2H3. The number of hydrogen-bond donors (Lipinski definition) is 1. The number of halogens is 2. The van der Waals surface area contributed by atoms with Crippen molar-refractivity contribution in [1.82, 2.24) is 4.72 Å². The normalized spacial score (nSPS) is 13.0. The third-order valence-electron chi connectivity index (χ3n) is 1.95. The maximum Gasteiger partial charge on any atom is 0.250 e. The summed E-state index contributed by atoms with van der Waals surface area (Å²) in [4.78, 5) is 0.986. The first-order valence-electron chi connectivity index (χ1n) is 4.55. The summed E-state index contributed by atoms with van der Waals surface area (Å²) in [7, 11) is -3.41. The molecule has 1 N–H and O–H groups in total. The molecular weight excluding hydrogens is 378 g/mol. The molecule has 16 heavy (non-hydrogen) atoms. The van der Waals surface area contributed by atoms with Gasteiger partial charge in [0.1, 0.15) is 4.21 Å². The molecule has 0 aliphatic carbocycles. The van der Waals surface area contributed by atoms with Crippen LogP contribution in [0, 0.1) is 6.92 Å². The van der Waals surface area contributed by atoms with Gasteiger partial charge in [-0.25, -0.2) is 13.1 Å². The second-order valence-electron chi connectivity index (χ2n) is 3.80. The van der Waals surface area contributed by atoms with Gasteiger partial charge in [-0.15, -0.1) is 11.3 Å². The Hall–Kier alpha value is 0.570. The Morgan fingerprint density at radius 2 is 1.94 bits per heavy atom. The molecule has 1 heterocycles. The largest absolute Gasteiger partial charge is 0.250 e. The molecule has 0 aliphatic rings. The molecule has 7 heteroatoms. The molecule has 3 nitrogen and oxygen atoms in total. The average molecular weight is 391 g/mol. The summed E-state index contributed by atoms with van der Waals surface area (Å²) >= 11 is 7.89. The van der Waals surface area contributed by atoms with Gasteiger partial charge in [-0.2, -0.15) is 0 Å². The summed E-state index contributed by atoms with van der Waals surface area (Å²) < 4.78 is 27.1. The van der Waals surface area contributed by atoms with Crippen LogP contribution in [0.1, 0.15) is 11.8 Å². The van der Waals surface area contributed by atoms with Crippen LogP contribution in [0.2, 0.25) is 0 Å². The van der Waals surface area contributed by atoms with Gasteiger partial charge in [0.25, 0.3) is 10.0 Å². The molecule has 0 aromatic carbocycles. The Kier molecular flexibility index (Phi) is 5.01. The topological polar surface area (TPSA) is 46.2 Å². The molecular formula is C9H13Br2NO2S2. The lowest BCUT2D eigenvalue weighted by atomic mass is 10.1. The minimum absolute atomic E-state index is 0.359. The summed E-state index contributed by atoms with van der Waals surface area (Å²) in [5.74, 6) is 0. The van der Waals surface area contributed by atoms with Crippen LogP contribution in [0.15, 0.2) is 16.3 Å². The highest BCUT2D eigenvalue weighted by Crippen LogP contribution is 2.23. The summed E-state index contributed by atoms with van der Waals surface area (Å²) in [6.07, 6.45) is 0. The Balaban J connectivity index is 2.96. The number of rotatable bonds is 5. The van der Waals surface area contributed by atoms with Crippen LogP contribution in [0.25, 0.3) is 0 Å². The highest BCUT2D eigenvalue weighted by molar-refractivity contribution is 9.09. The highest BCUT2D eigenvalue weighted by Gasteiger charge is 2.29. The molecule has 0 amide bonds. The molecule has 0 saturated heterocycles. The summed E-state index contributed by atoms with van der Waals surface area (Å²) in [5, 5.41) is 1.10. The zero-order chi connectivity index (χ0) is 12.4. The smallest absolute Gasteiger partial charge is 0.206 e. The number of nitrogens with one attached hydrogen (secondary N) is 1. The van der Waals surface area contributed by atoms with Crippen molar-refractivity contribution in [2.24, 2.45) is 0 Å². The van der Waals surface area contributed by atoms with E-state index in [1.165, 1.54) is 11.3 Å². The van der Waals surface area contributed by atoms with Gasteiger partial charge in [0.05, 0.1) is 0 Å². The van der Waals surface area contributed by atoms with Crippen LogP contribution in [-0.2, 0) is 10.0 Å². The first-order valence-corrected chi connectivity index (χ1v) is 9.09. The third-order valence-corrected chi connectivity index (χ3v) is 7.56. The molecule has 1 aromatic heterocycles. The zero-order valence-corrected chi connectivity index (χ0v) is 13.8. The fraction of sp³-hybridized carbons (Fsp3) is 0.556. The van der Waals surface area contributed by atoms with Gasteiger partial charge >= 0.3 is 0 Å². The second kappa shape index (κ2) is 5.48. The van der Waals surface area contributed by atoms with Crippen molar-refractivity contribution in [2.75, 3.05) is 10.7 Å². The van der Waals surface area contributed by atoms with Gasteiger partial charge in [0, 0.05) is 21.1 Å². The van der Waals surface area contributed by atoms with Crippen LogP contribution in [0.3, 0.4) is 0 Å². The number of alkyl halides is 2. The number of thiophene rings is 1. The van der Waals surface area contributed by atoms with Gasteiger partial charge in [0.15, 0.2) is 0 Å². The van der Waals surface area contributed by atoms with Crippen molar-refractivity contribution in [3.05, 3.63) is 17.0 Å². The lowest BCUT2D eigenvalue weighted by Crippen LogP contribution is -2.48. The molecule has 0 aliphatic heterocycles. The zero-order valence-electron chi connectivity index (χ0n) is 8.96. The first-order chi connectivity index (χ1) is 7.33. The number of aryl methyl sites for hydroxylation is 1. The molecule has 1 aromatic rings. The van der Waals surface area contributed by atoms with Gasteiger partial charge in [0.2, 0.25) is 0 Å². The van der Waals surface area contributed by atoms with Gasteiger partial charge in [-0.3, -0.25) is 0 Å². The molecule has 0 unspecified atom stereocenters. The monoisotopic (exact) mass is 389 g/mol. The van der Waals surface area contributed by atoms with Gasteiger partial charge in [-0.1, -0.05) is 31.9 Å². The lowest BCUT2D eigenvalue weighted by Gasteiger charge is -2.25. The predicted molar refractivity (Wildman–Crippen MR) is 75.4 cm³/mol. The molecule has 92 valence electrons. The molecule has 0 spiro atoms. The number of hydrogen-bond acceptors (Lipinski definition) is 3. The summed E-state index contributed by atoms with van der Waals surface area (Å²) in [6.45, 7) is 3.73. The minimum Gasteiger partial charge on any atom is -0.206 e. The van der Waals surface area contributed by atoms with E-state index >= 15 is 0 Å². The van der Waals surface area contributed by atoms with Crippen molar-refractivity contribution in [3.8, 4) is 0 Å². The first kappa shape index (κ1) is 14.6. The SMILES string of the molecule is Cc1ccc(S(=O)(=O)NC(C)(CBr)CBr)s1. The minimum atomic E-state index is -3.41. The molecule has 1 rings (SSSR count). The van der Waals surface area contributed by atoms with Crippen LogP contribution < -0.4 is 4.72 Å². The second-order valence-corrected chi connectivity index (χ2v) is 8.12. The summed E-state index contributed by atoms with van der Waals surface area (Å²) in [6, 6.07) is 3.43. The van der Waals surface area contributed by atoms with E-state index in [9.17, 15) is 8.42 Å². The molecule has 0 atom stereocenters. The van der Waals surface area contributed by atoms with Crippen molar-refractivity contribution in [1.29, 1.82) is 0 Å². The van der Waals surface area contributed by atoms with Crippen LogP contribution in [-0.4, -0.2) is 24.6 Å². The van der Waals surface area contributed by atoms with Crippen molar-refractivity contribution < 1.29 is 8.42 Å². The van der Waals surface area contributed by atoms with Crippen LogP contribution in [0.5, 0.6) is 0 Å². The molecule has 0 radical (unpaired) electrons. The van der Waals surface area contributed by atoms with Crippen molar-refractivity contribution >= 4 is 53.2 Å². The quantitative estimate of drug-likeness (QED) is 0.785. The van der Waals surface area contributed by atoms with E-state index in [0.717, 1.165) is 4.88 Å². The van der Waals surface area contributed by atoms with Gasteiger partial charge < -0.3 is 0 Å². The third kappa shape index (κ3) is 3.53. The number of sulfonamides is 1. The fourth-order valence-corrected chi connectivity index (χ4v) is 5.29. The van der Waals surface area contributed by atoms with E-state index in [1.54, 1.807) is 12.1 Å². The highest BCUT2D eigenvalue weighted by atomic mass is 79.9. The van der Waals surface area contributed by atoms with E-state index in [4.69, 9.17) is 0 Å². The van der Waals surface area contributed by atoms with E-state index in [-0.39, 0.29) is 0 Å². The molecule has 0 bridgehead atoms. The Morgan fingerprint density at radius 3 is 2.31 bits per heavy atom. The Morgan fingerprint density at radius 1 is 1.38 bits per heavy atom.